The normalized spacial score (nSPS) is 9.30. The van der Waals surface area contributed by atoms with Crippen LogP contribution in [0.2, 0.25) is 0 Å². The van der Waals surface area contributed by atoms with Gasteiger partial charge in [0.1, 0.15) is 0 Å². The number of rotatable bonds is 4. The summed E-state index contributed by atoms with van der Waals surface area (Å²) in [4.78, 5) is 10.4. The SMILES string of the molecule is C=CCN/C=C/C(=O)OC. The minimum atomic E-state index is -0.364. The first-order chi connectivity index (χ1) is 4.81. The van der Waals surface area contributed by atoms with Crippen LogP contribution in [-0.4, -0.2) is 19.6 Å². The van der Waals surface area contributed by atoms with E-state index in [0.29, 0.717) is 6.54 Å². The molecule has 0 aromatic carbocycles. The van der Waals surface area contributed by atoms with Crippen molar-refractivity contribution < 1.29 is 9.53 Å². The number of carbonyl (C=O) groups excluding carboxylic acids is 1. The fourth-order valence-electron chi connectivity index (χ4n) is 0.346. The molecule has 3 nitrogen and oxygen atoms in total. The first kappa shape index (κ1) is 8.75. The Morgan fingerprint density at radius 2 is 2.50 bits per heavy atom. The third-order valence-electron chi connectivity index (χ3n) is 0.801. The van der Waals surface area contributed by atoms with Gasteiger partial charge in [-0.2, -0.15) is 0 Å². The average molecular weight is 141 g/mol. The van der Waals surface area contributed by atoms with Crippen molar-refractivity contribution in [3.05, 3.63) is 24.9 Å². The van der Waals surface area contributed by atoms with E-state index in [-0.39, 0.29) is 5.97 Å². The molecule has 0 atom stereocenters. The maximum Gasteiger partial charge on any atom is 0.331 e. The standard InChI is InChI=1S/C7H11NO2/c1-3-5-8-6-4-7(9)10-2/h3-4,6,8H,1,5H2,2H3/b6-4+. The van der Waals surface area contributed by atoms with Crippen molar-refractivity contribution in [2.24, 2.45) is 0 Å². The number of hydrogen-bond donors (Lipinski definition) is 1. The Morgan fingerprint density at radius 3 is 3.00 bits per heavy atom. The van der Waals surface area contributed by atoms with Crippen LogP contribution in [0.25, 0.3) is 0 Å². The highest BCUT2D eigenvalue weighted by molar-refractivity contribution is 5.81. The van der Waals surface area contributed by atoms with Gasteiger partial charge in [-0.05, 0) is 0 Å². The summed E-state index contributed by atoms with van der Waals surface area (Å²) in [7, 11) is 1.33. The van der Waals surface area contributed by atoms with Crippen LogP contribution in [-0.2, 0) is 9.53 Å². The van der Waals surface area contributed by atoms with Crippen molar-refractivity contribution >= 4 is 5.97 Å². The summed E-state index contributed by atoms with van der Waals surface area (Å²) in [5.74, 6) is -0.364. The molecule has 0 aliphatic heterocycles. The lowest BCUT2D eigenvalue weighted by atomic mass is 10.6. The van der Waals surface area contributed by atoms with Crippen LogP contribution in [0.3, 0.4) is 0 Å². The van der Waals surface area contributed by atoms with Crippen LogP contribution in [0, 0.1) is 0 Å². The summed E-state index contributed by atoms with van der Waals surface area (Å²) in [6.45, 7) is 4.13. The molecule has 1 N–H and O–H groups in total. The topological polar surface area (TPSA) is 38.3 Å². The van der Waals surface area contributed by atoms with Crippen molar-refractivity contribution in [1.82, 2.24) is 5.32 Å². The van der Waals surface area contributed by atoms with Crippen molar-refractivity contribution in [2.45, 2.75) is 0 Å². The smallest absolute Gasteiger partial charge is 0.331 e. The van der Waals surface area contributed by atoms with Crippen molar-refractivity contribution in [3.8, 4) is 0 Å². The summed E-state index contributed by atoms with van der Waals surface area (Å²) in [5.41, 5.74) is 0. The van der Waals surface area contributed by atoms with Gasteiger partial charge >= 0.3 is 5.97 Å². The minimum Gasteiger partial charge on any atom is -0.466 e. The van der Waals surface area contributed by atoms with Gasteiger partial charge in [0.2, 0.25) is 0 Å². The zero-order chi connectivity index (χ0) is 7.82. The summed E-state index contributed by atoms with van der Waals surface area (Å²) in [6.07, 6.45) is 4.53. The first-order valence-corrected chi connectivity index (χ1v) is 2.90. The Labute approximate surface area is 60.4 Å². The number of carbonyl (C=O) groups is 1. The molecular formula is C7H11NO2. The Kier molecular flexibility index (Phi) is 5.14. The molecule has 0 aliphatic rings. The van der Waals surface area contributed by atoms with Gasteiger partial charge in [0.05, 0.1) is 7.11 Å². The van der Waals surface area contributed by atoms with Gasteiger partial charge in [0.15, 0.2) is 0 Å². The van der Waals surface area contributed by atoms with Crippen LogP contribution >= 0.6 is 0 Å². The highest BCUT2D eigenvalue weighted by Gasteiger charge is 1.86. The van der Waals surface area contributed by atoms with Gasteiger partial charge in [-0.1, -0.05) is 6.08 Å². The molecule has 10 heavy (non-hydrogen) atoms. The lowest BCUT2D eigenvalue weighted by Crippen LogP contribution is -2.05. The Morgan fingerprint density at radius 1 is 1.80 bits per heavy atom. The zero-order valence-electron chi connectivity index (χ0n) is 5.96. The van der Waals surface area contributed by atoms with Crippen LogP contribution in [0.5, 0.6) is 0 Å². The molecule has 0 spiro atoms. The van der Waals surface area contributed by atoms with E-state index in [2.05, 4.69) is 16.6 Å². The number of ether oxygens (including phenoxy) is 1. The van der Waals surface area contributed by atoms with Crippen molar-refractivity contribution in [3.63, 3.8) is 0 Å². The van der Waals surface area contributed by atoms with Crippen molar-refractivity contribution in [2.75, 3.05) is 13.7 Å². The van der Waals surface area contributed by atoms with Gasteiger partial charge in [-0.15, -0.1) is 6.58 Å². The quantitative estimate of drug-likeness (QED) is 0.267. The summed E-state index contributed by atoms with van der Waals surface area (Å²) in [6, 6.07) is 0. The lowest BCUT2D eigenvalue weighted by Gasteiger charge is -1.91. The molecule has 0 unspecified atom stereocenters. The van der Waals surface area contributed by atoms with E-state index in [1.165, 1.54) is 19.4 Å². The minimum absolute atomic E-state index is 0.364. The molecule has 0 aliphatic carbocycles. The second-order valence-electron chi connectivity index (χ2n) is 1.55. The average Bonchev–Trinajstić information content (AvgIpc) is 1.98. The molecule has 0 aromatic rings. The van der Waals surface area contributed by atoms with Crippen LogP contribution in [0.4, 0.5) is 0 Å². The maximum atomic E-state index is 10.4. The zero-order valence-corrected chi connectivity index (χ0v) is 5.96. The number of methoxy groups -OCH3 is 1. The molecule has 0 radical (unpaired) electrons. The number of nitrogens with one attached hydrogen (secondary N) is 1. The van der Waals surface area contributed by atoms with E-state index in [1.807, 2.05) is 0 Å². The van der Waals surface area contributed by atoms with E-state index in [4.69, 9.17) is 0 Å². The largest absolute Gasteiger partial charge is 0.466 e. The van der Waals surface area contributed by atoms with Gasteiger partial charge in [-0.3, -0.25) is 0 Å². The lowest BCUT2D eigenvalue weighted by molar-refractivity contribution is -0.134. The maximum absolute atomic E-state index is 10.4. The Balaban J connectivity index is 3.35. The highest BCUT2D eigenvalue weighted by atomic mass is 16.5. The molecule has 0 saturated heterocycles. The van der Waals surface area contributed by atoms with Gasteiger partial charge in [0.25, 0.3) is 0 Å². The van der Waals surface area contributed by atoms with Gasteiger partial charge in [0, 0.05) is 18.8 Å². The second-order valence-corrected chi connectivity index (χ2v) is 1.55. The fraction of sp³-hybridized carbons (Fsp3) is 0.286. The highest BCUT2D eigenvalue weighted by Crippen LogP contribution is 1.74. The second kappa shape index (κ2) is 5.88. The molecule has 3 heteroatoms. The van der Waals surface area contributed by atoms with Crippen LogP contribution in [0.15, 0.2) is 24.9 Å². The molecular weight excluding hydrogens is 130 g/mol. The predicted molar refractivity (Wildman–Crippen MR) is 39.4 cm³/mol. The molecule has 0 saturated carbocycles. The Bertz CT molecular complexity index is 141. The van der Waals surface area contributed by atoms with Crippen molar-refractivity contribution in [1.29, 1.82) is 0 Å². The molecule has 0 rings (SSSR count). The summed E-state index contributed by atoms with van der Waals surface area (Å²) >= 11 is 0. The van der Waals surface area contributed by atoms with E-state index >= 15 is 0 Å². The third-order valence-corrected chi connectivity index (χ3v) is 0.801. The van der Waals surface area contributed by atoms with E-state index in [9.17, 15) is 4.79 Å². The molecule has 56 valence electrons. The monoisotopic (exact) mass is 141 g/mol. The van der Waals surface area contributed by atoms with Crippen LogP contribution in [0.1, 0.15) is 0 Å². The predicted octanol–water partition coefficient (Wildman–Crippen LogP) is 0.449. The fourth-order valence-corrected chi connectivity index (χ4v) is 0.346. The molecule has 0 bridgehead atoms. The number of esters is 1. The first-order valence-electron chi connectivity index (χ1n) is 2.90. The third kappa shape index (κ3) is 4.90. The van der Waals surface area contributed by atoms with E-state index in [1.54, 1.807) is 6.08 Å². The molecule has 0 fully saturated rings. The summed E-state index contributed by atoms with van der Waals surface area (Å²) < 4.78 is 4.34. The Hall–Kier alpha value is -1.25. The molecule has 0 heterocycles. The van der Waals surface area contributed by atoms with Gasteiger partial charge in [-0.25, -0.2) is 4.79 Å². The van der Waals surface area contributed by atoms with E-state index in [0.717, 1.165) is 0 Å². The van der Waals surface area contributed by atoms with E-state index < -0.39 is 0 Å². The van der Waals surface area contributed by atoms with Gasteiger partial charge < -0.3 is 10.1 Å². The summed E-state index contributed by atoms with van der Waals surface area (Å²) in [5, 5.41) is 2.80. The molecule has 0 aromatic heterocycles. The number of hydrogen-bond acceptors (Lipinski definition) is 3. The molecule has 0 amide bonds. The van der Waals surface area contributed by atoms with Crippen LogP contribution < -0.4 is 5.32 Å².